The average Bonchev–Trinajstić information content (AvgIpc) is 3.27. The summed E-state index contributed by atoms with van der Waals surface area (Å²) in [6, 6.07) is 3.33. The van der Waals surface area contributed by atoms with Gasteiger partial charge in [0.15, 0.2) is 0 Å². The maximum Gasteiger partial charge on any atom is 0.319 e. The fraction of sp³-hybridized carbons (Fsp3) is 0.500. The van der Waals surface area contributed by atoms with Crippen LogP contribution in [0.4, 0.5) is 14.6 Å². The van der Waals surface area contributed by atoms with Crippen molar-refractivity contribution in [3.63, 3.8) is 0 Å². The van der Waals surface area contributed by atoms with Crippen LogP contribution >= 0.6 is 22.6 Å². The van der Waals surface area contributed by atoms with E-state index in [9.17, 15) is 13.6 Å². The lowest BCUT2D eigenvalue weighted by Crippen LogP contribution is -2.27. The van der Waals surface area contributed by atoms with Crippen molar-refractivity contribution >= 4 is 34.3 Å². The summed E-state index contributed by atoms with van der Waals surface area (Å²) in [5.74, 6) is 0.568. The molecule has 0 aromatic carbocycles. The topological polar surface area (TPSA) is 63.2 Å². The Kier molecular flexibility index (Phi) is 7.94. The molecule has 0 radical (unpaired) electrons. The number of alkyl halides is 3. The number of ether oxygens (including phenoxy) is 1. The normalized spacial score (nSPS) is 22.4. The molecule has 0 saturated heterocycles. The lowest BCUT2D eigenvalue weighted by Gasteiger charge is -2.18. The molecule has 28 heavy (non-hydrogen) atoms. The van der Waals surface area contributed by atoms with Crippen molar-refractivity contribution in [2.75, 3.05) is 25.0 Å². The number of allylic oxidation sites excluding steroid dienone is 1. The lowest BCUT2D eigenvalue weighted by atomic mass is 10.1. The minimum absolute atomic E-state index is 0.157. The molecule has 1 aliphatic rings. The van der Waals surface area contributed by atoms with E-state index >= 15 is 0 Å². The number of pyridine rings is 1. The van der Waals surface area contributed by atoms with E-state index in [-0.39, 0.29) is 18.4 Å². The first kappa shape index (κ1) is 22.7. The number of hydrogen-bond acceptors (Lipinski definition) is 4. The van der Waals surface area contributed by atoms with Crippen LogP contribution in [-0.2, 0) is 4.74 Å². The molecule has 154 valence electrons. The van der Waals surface area contributed by atoms with Crippen molar-refractivity contribution in [1.29, 1.82) is 0 Å². The predicted octanol–water partition coefficient (Wildman–Crippen LogP) is 4.57. The molecule has 1 amide bonds. The highest BCUT2D eigenvalue weighted by Gasteiger charge is 2.52. The van der Waals surface area contributed by atoms with Gasteiger partial charge in [-0.15, -0.1) is 0 Å². The number of carbonyl (C=O) groups is 1. The third kappa shape index (κ3) is 6.80. The minimum atomic E-state index is -2.90. The van der Waals surface area contributed by atoms with Gasteiger partial charge in [0.25, 0.3) is 5.91 Å². The van der Waals surface area contributed by atoms with Crippen LogP contribution in [0.2, 0.25) is 0 Å². The molecule has 1 aromatic rings. The number of rotatable bonds is 10. The van der Waals surface area contributed by atoms with Crippen LogP contribution in [0.1, 0.15) is 37.6 Å². The zero-order valence-corrected chi connectivity index (χ0v) is 18.4. The first-order chi connectivity index (χ1) is 13.2. The molecular weight excluding hydrogens is 479 g/mol. The molecule has 0 aliphatic heterocycles. The number of aromatic nitrogens is 1. The van der Waals surface area contributed by atoms with Crippen LogP contribution in [0.15, 0.2) is 42.1 Å². The van der Waals surface area contributed by atoms with Gasteiger partial charge in [-0.3, -0.25) is 4.79 Å². The van der Waals surface area contributed by atoms with E-state index in [1.54, 1.807) is 18.3 Å². The predicted molar refractivity (Wildman–Crippen MR) is 115 cm³/mol. The number of halogens is 3. The van der Waals surface area contributed by atoms with Crippen molar-refractivity contribution < 1.29 is 18.3 Å². The van der Waals surface area contributed by atoms with E-state index in [0.29, 0.717) is 24.3 Å². The number of anilines is 1. The first-order valence-corrected chi connectivity index (χ1v) is 10.3. The summed E-state index contributed by atoms with van der Waals surface area (Å²) in [5, 5.41) is 5.94. The molecule has 1 fully saturated rings. The number of amides is 1. The van der Waals surface area contributed by atoms with Gasteiger partial charge in [0.2, 0.25) is 0 Å². The highest BCUT2D eigenvalue weighted by Crippen LogP contribution is 2.49. The van der Waals surface area contributed by atoms with Crippen molar-refractivity contribution in [1.82, 2.24) is 10.3 Å². The monoisotopic (exact) mass is 505 g/mol. The van der Waals surface area contributed by atoms with E-state index in [0.717, 1.165) is 28.2 Å². The Hall–Kier alpha value is -1.55. The van der Waals surface area contributed by atoms with Crippen LogP contribution in [0, 0.1) is 5.92 Å². The van der Waals surface area contributed by atoms with Gasteiger partial charge in [0.1, 0.15) is 12.4 Å². The number of hydrogen-bond donors (Lipinski definition) is 2. The lowest BCUT2D eigenvalue weighted by molar-refractivity contribution is -0.0329. The Labute approximate surface area is 178 Å². The molecule has 1 saturated carbocycles. The van der Waals surface area contributed by atoms with Crippen molar-refractivity contribution in [2.24, 2.45) is 5.92 Å². The Balaban J connectivity index is 2.05. The Bertz CT molecular complexity index is 749. The standard InChI is InChI=1S/C20H26F2IN3O2/c1-4-6-15(11-19(10-14(19)3)28-13-20(21,22)23)12-26-18(27)16-7-8-25-17(9-16)24-5-2/h4,6-9,11,14H,5,10,12-13H2,1-3H3,(H,24,25)(H,26,27)/b6-4-,15-11+. The van der Waals surface area contributed by atoms with Crippen molar-refractivity contribution in [3.05, 3.63) is 47.7 Å². The second-order valence-corrected chi connectivity index (χ2v) is 8.40. The maximum absolute atomic E-state index is 13.2. The van der Waals surface area contributed by atoms with Gasteiger partial charge in [-0.25, -0.2) is 4.98 Å². The Morgan fingerprint density at radius 1 is 1.54 bits per heavy atom. The second-order valence-electron chi connectivity index (χ2n) is 6.83. The molecule has 0 spiro atoms. The van der Waals surface area contributed by atoms with Gasteiger partial charge in [-0.2, -0.15) is 8.78 Å². The van der Waals surface area contributed by atoms with Gasteiger partial charge in [-0.1, -0.05) is 19.1 Å². The number of carbonyl (C=O) groups excluding carboxylic acids is 1. The molecule has 2 unspecified atom stereocenters. The first-order valence-electron chi connectivity index (χ1n) is 9.22. The van der Waals surface area contributed by atoms with Crippen LogP contribution in [0.25, 0.3) is 0 Å². The summed E-state index contributed by atoms with van der Waals surface area (Å²) in [7, 11) is 0. The van der Waals surface area contributed by atoms with E-state index in [4.69, 9.17) is 4.74 Å². The smallest absolute Gasteiger partial charge is 0.319 e. The summed E-state index contributed by atoms with van der Waals surface area (Å²) in [6.07, 6.45) is 7.83. The Morgan fingerprint density at radius 3 is 2.82 bits per heavy atom. The molecular formula is C20H26F2IN3O2. The molecule has 5 nitrogen and oxygen atoms in total. The minimum Gasteiger partial charge on any atom is -0.370 e. The van der Waals surface area contributed by atoms with Gasteiger partial charge >= 0.3 is 3.93 Å². The molecule has 0 bridgehead atoms. The maximum atomic E-state index is 13.2. The van der Waals surface area contributed by atoms with Crippen molar-refractivity contribution in [3.8, 4) is 0 Å². The number of nitrogens with one attached hydrogen (secondary N) is 2. The molecule has 1 heterocycles. The molecule has 2 rings (SSSR count). The fourth-order valence-corrected chi connectivity index (χ4v) is 3.06. The third-order valence-corrected chi connectivity index (χ3v) is 4.76. The average molecular weight is 505 g/mol. The molecule has 2 N–H and O–H groups in total. The summed E-state index contributed by atoms with van der Waals surface area (Å²) < 4.78 is 29.0. The molecule has 2 atom stereocenters. The van der Waals surface area contributed by atoms with E-state index in [1.165, 1.54) is 0 Å². The van der Waals surface area contributed by atoms with Crippen LogP contribution < -0.4 is 10.6 Å². The van der Waals surface area contributed by atoms with Gasteiger partial charge < -0.3 is 15.4 Å². The zero-order chi connectivity index (χ0) is 20.8. The molecule has 1 aromatic heterocycles. The molecule has 8 heteroatoms. The van der Waals surface area contributed by atoms with Gasteiger partial charge in [0.05, 0.1) is 5.60 Å². The molecule has 1 aliphatic carbocycles. The van der Waals surface area contributed by atoms with Gasteiger partial charge in [0, 0.05) is 47.4 Å². The zero-order valence-electron chi connectivity index (χ0n) is 16.3. The van der Waals surface area contributed by atoms with Crippen LogP contribution in [0.3, 0.4) is 0 Å². The van der Waals surface area contributed by atoms with Gasteiger partial charge in [-0.05, 0) is 50.0 Å². The summed E-state index contributed by atoms with van der Waals surface area (Å²) >= 11 is 1.08. The van der Waals surface area contributed by atoms with Crippen LogP contribution in [-0.4, -0.2) is 40.1 Å². The summed E-state index contributed by atoms with van der Waals surface area (Å²) in [6.45, 7) is 6.14. The fourth-order valence-electron chi connectivity index (χ4n) is 2.90. The van der Waals surface area contributed by atoms with E-state index < -0.39 is 16.1 Å². The Morgan fingerprint density at radius 2 is 2.25 bits per heavy atom. The highest BCUT2D eigenvalue weighted by atomic mass is 127. The van der Waals surface area contributed by atoms with E-state index in [1.807, 2.05) is 39.0 Å². The quantitative estimate of drug-likeness (QED) is 0.278. The van der Waals surface area contributed by atoms with E-state index in [2.05, 4.69) is 15.6 Å². The SMILES string of the molecule is C/C=C\C(=C/C1(OCC(F)(F)I)CC1C)CNC(=O)c1ccnc(NCC)c1. The largest absolute Gasteiger partial charge is 0.370 e. The second kappa shape index (κ2) is 9.78. The van der Waals surface area contributed by atoms with Crippen molar-refractivity contribution in [2.45, 2.75) is 36.7 Å². The van der Waals surface area contributed by atoms with Crippen LogP contribution in [0.5, 0.6) is 0 Å². The summed E-state index contributed by atoms with van der Waals surface area (Å²) in [5.41, 5.74) is 0.627. The summed E-state index contributed by atoms with van der Waals surface area (Å²) in [4.78, 5) is 16.6. The third-order valence-electron chi connectivity index (χ3n) is 4.45. The number of nitrogens with zero attached hydrogens (tertiary/aromatic N) is 1. The highest BCUT2D eigenvalue weighted by molar-refractivity contribution is 14.1.